The second-order valence-electron chi connectivity index (χ2n) is 10.1. The largest absolute Gasteiger partial charge is 0.480 e. The molecule has 1 saturated carbocycles. The zero-order valence-electron chi connectivity index (χ0n) is 20.6. The summed E-state index contributed by atoms with van der Waals surface area (Å²) in [6.45, 7) is 0.164. The number of nitrogens with zero attached hydrogens (tertiary/aromatic N) is 4. The quantitative estimate of drug-likeness (QED) is 0.394. The number of carboxylic acid groups (broad SMARTS) is 1. The highest BCUT2D eigenvalue weighted by molar-refractivity contribution is 6.01. The van der Waals surface area contributed by atoms with Crippen molar-refractivity contribution in [3.05, 3.63) is 88.9 Å². The summed E-state index contributed by atoms with van der Waals surface area (Å²) < 4.78 is 30.1. The van der Waals surface area contributed by atoms with Gasteiger partial charge in [-0.3, -0.25) is 4.79 Å². The SMILES string of the molecule is O=C(O)[C@@H]1Cc2ccccc2CN1C(=O)c1cnn2c(C3CCCCC3)c(-c3ccc(F)cc3F)cnc12. The maximum Gasteiger partial charge on any atom is 0.326 e. The Morgan fingerprint density at radius 1 is 0.947 bits per heavy atom. The molecule has 4 aromatic rings. The number of halogens is 2. The number of aromatic nitrogens is 3. The summed E-state index contributed by atoms with van der Waals surface area (Å²) in [5, 5.41) is 14.4. The van der Waals surface area contributed by atoms with Gasteiger partial charge in [-0.25, -0.2) is 23.1 Å². The van der Waals surface area contributed by atoms with Gasteiger partial charge in [-0.05, 0) is 36.1 Å². The predicted molar refractivity (Wildman–Crippen MR) is 136 cm³/mol. The van der Waals surface area contributed by atoms with Crippen molar-refractivity contribution in [1.82, 2.24) is 19.5 Å². The molecule has 2 aliphatic rings. The van der Waals surface area contributed by atoms with E-state index < -0.39 is 29.6 Å². The number of benzene rings is 2. The third kappa shape index (κ3) is 4.12. The number of aliphatic carboxylic acids is 1. The van der Waals surface area contributed by atoms with Crippen LogP contribution in [0.2, 0.25) is 0 Å². The van der Waals surface area contributed by atoms with Gasteiger partial charge in [0.05, 0.1) is 11.9 Å². The predicted octanol–water partition coefficient (Wildman–Crippen LogP) is 5.37. The number of fused-ring (bicyclic) bond motifs is 2. The van der Waals surface area contributed by atoms with Gasteiger partial charge in [0.2, 0.25) is 0 Å². The Hall–Kier alpha value is -4.14. The Morgan fingerprint density at radius 2 is 1.71 bits per heavy atom. The number of amides is 1. The van der Waals surface area contributed by atoms with Crippen molar-refractivity contribution in [1.29, 1.82) is 0 Å². The molecule has 1 atom stereocenters. The molecule has 38 heavy (non-hydrogen) atoms. The number of hydrogen-bond acceptors (Lipinski definition) is 4. The van der Waals surface area contributed by atoms with Crippen molar-refractivity contribution in [3.8, 4) is 11.1 Å². The van der Waals surface area contributed by atoms with Crippen LogP contribution in [0.15, 0.2) is 54.9 Å². The average molecular weight is 517 g/mol. The fourth-order valence-electron chi connectivity index (χ4n) is 5.90. The molecule has 2 aromatic carbocycles. The van der Waals surface area contributed by atoms with Gasteiger partial charge in [-0.15, -0.1) is 0 Å². The summed E-state index contributed by atoms with van der Waals surface area (Å²) in [7, 11) is 0. The highest BCUT2D eigenvalue weighted by Gasteiger charge is 2.37. The molecule has 3 heterocycles. The summed E-state index contributed by atoms with van der Waals surface area (Å²) in [6.07, 6.45) is 8.05. The first kappa shape index (κ1) is 24.2. The Kier molecular flexibility index (Phi) is 6.13. The molecular weight excluding hydrogens is 490 g/mol. The molecule has 9 heteroatoms. The monoisotopic (exact) mass is 516 g/mol. The van der Waals surface area contributed by atoms with Crippen LogP contribution in [-0.4, -0.2) is 42.5 Å². The molecule has 1 aliphatic carbocycles. The Bertz CT molecular complexity index is 1560. The van der Waals surface area contributed by atoms with Crippen molar-refractivity contribution in [2.24, 2.45) is 0 Å². The highest BCUT2D eigenvalue weighted by Crippen LogP contribution is 2.39. The van der Waals surface area contributed by atoms with E-state index in [0.717, 1.165) is 55.0 Å². The van der Waals surface area contributed by atoms with Crippen molar-refractivity contribution in [2.75, 3.05) is 0 Å². The van der Waals surface area contributed by atoms with Crippen molar-refractivity contribution in [2.45, 2.75) is 57.0 Å². The second-order valence-corrected chi connectivity index (χ2v) is 10.1. The van der Waals surface area contributed by atoms with Crippen LogP contribution in [0, 0.1) is 11.6 Å². The fourth-order valence-corrected chi connectivity index (χ4v) is 5.90. The molecule has 0 saturated heterocycles. The van der Waals surface area contributed by atoms with Gasteiger partial charge in [0.1, 0.15) is 23.2 Å². The van der Waals surface area contributed by atoms with E-state index in [0.29, 0.717) is 11.2 Å². The minimum Gasteiger partial charge on any atom is -0.480 e. The Balaban J connectivity index is 1.47. The molecule has 6 rings (SSSR count). The summed E-state index contributed by atoms with van der Waals surface area (Å²) in [5.41, 5.74) is 3.77. The van der Waals surface area contributed by atoms with Crippen LogP contribution in [0.1, 0.15) is 65.2 Å². The van der Waals surface area contributed by atoms with Crippen molar-refractivity contribution in [3.63, 3.8) is 0 Å². The zero-order chi connectivity index (χ0) is 26.4. The van der Waals surface area contributed by atoms with Gasteiger partial charge >= 0.3 is 5.97 Å². The third-order valence-electron chi connectivity index (χ3n) is 7.80. The molecular formula is C29H26F2N4O3. The van der Waals surface area contributed by atoms with E-state index >= 15 is 0 Å². The van der Waals surface area contributed by atoms with Gasteiger partial charge in [0.15, 0.2) is 5.65 Å². The first-order valence-corrected chi connectivity index (χ1v) is 12.8. The molecule has 0 unspecified atom stereocenters. The maximum absolute atomic E-state index is 14.9. The first-order valence-electron chi connectivity index (χ1n) is 12.8. The molecule has 194 valence electrons. The molecule has 7 nitrogen and oxygen atoms in total. The van der Waals surface area contributed by atoms with E-state index in [1.807, 2.05) is 24.3 Å². The maximum atomic E-state index is 14.9. The van der Waals surface area contributed by atoms with Crippen LogP contribution in [0.4, 0.5) is 8.78 Å². The summed E-state index contributed by atoms with van der Waals surface area (Å²) in [6, 6.07) is 9.96. The van der Waals surface area contributed by atoms with Crippen LogP contribution < -0.4 is 0 Å². The van der Waals surface area contributed by atoms with Crippen molar-refractivity contribution < 1.29 is 23.5 Å². The highest BCUT2D eigenvalue weighted by atomic mass is 19.1. The lowest BCUT2D eigenvalue weighted by Crippen LogP contribution is -2.48. The lowest BCUT2D eigenvalue weighted by atomic mass is 9.84. The summed E-state index contributed by atoms with van der Waals surface area (Å²) in [5.74, 6) is -2.84. The van der Waals surface area contributed by atoms with E-state index in [1.54, 1.807) is 4.52 Å². The fraction of sp³-hybridized carbons (Fsp3) is 0.310. The zero-order valence-corrected chi connectivity index (χ0v) is 20.6. The molecule has 0 radical (unpaired) electrons. The number of carboxylic acids is 1. The van der Waals surface area contributed by atoms with E-state index in [2.05, 4.69) is 10.1 Å². The molecule has 1 amide bonds. The van der Waals surface area contributed by atoms with Crippen molar-refractivity contribution >= 4 is 17.5 Å². The van der Waals surface area contributed by atoms with Gasteiger partial charge in [0.25, 0.3) is 5.91 Å². The number of carbonyl (C=O) groups excluding carboxylic acids is 1. The first-order chi connectivity index (χ1) is 18.4. The molecule has 1 fully saturated rings. The lowest BCUT2D eigenvalue weighted by Gasteiger charge is -2.34. The normalized spacial score (nSPS) is 17.9. The van der Waals surface area contributed by atoms with Gasteiger partial charge < -0.3 is 10.0 Å². The number of hydrogen-bond donors (Lipinski definition) is 1. The van der Waals surface area contributed by atoms with E-state index in [4.69, 9.17) is 0 Å². The summed E-state index contributed by atoms with van der Waals surface area (Å²) in [4.78, 5) is 31.8. The summed E-state index contributed by atoms with van der Waals surface area (Å²) >= 11 is 0. The van der Waals surface area contributed by atoms with Crippen LogP contribution in [0.25, 0.3) is 16.8 Å². The average Bonchev–Trinajstić information content (AvgIpc) is 3.36. The van der Waals surface area contributed by atoms with Crippen LogP contribution in [-0.2, 0) is 17.8 Å². The van der Waals surface area contributed by atoms with E-state index in [1.165, 1.54) is 29.4 Å². The Labute approximate surface area is 217 Å². The topological polar surface area (TPSA) is 87.8 Å². The van der Waals surface area contributed by atoms with E-state index in [-0.39, 0.29) is 30.0 Å². The smallest absolute Gasteiger partial charge is 0.326 e. The molecule has 0 bridgehead atoms. The molecule has 1 aliphatic heterocycles. The third-order valence-corrected chi connectivity index (χ3v) is 7.80. The van der Waals surface area contributed by atoms with Crippen LogP contribution >= 0.6 is 0 Å². The van der Waals surface area contributed by atoms with Gasteiger partial charge in [-0.2, -0.15) is 5.10 Å². The number of carbonyl (C=O) groups is 2. The standard InChI is InChI=1S/C29H26F2N4O3/c30-20-10-11-21(24(31)13-20)22-14-32-27-23(15-33-35(27)26(22)17-6-2-1-3-7-17)28(36)34-16-19-9-5-4-8-18(19)12-25(34)29(37)38/h4-5,8-11,13-15,17,25H,1-3,6-7,12,16H2,(H,37,38)/t25-/m0/s1. The minimum atomic E-state index is -1.07. The van der Waals surface area contributed by atoms with Gasteiger partial charge in [0, 0.05) is 42.3 Å². The van der Waals surface area contributed by atoms with Crippen LogP contribution in [0.3, 0.4) is 0 Å². The lowest BCUT2D eigenvalue weighted by molar-refractivity contribution is -0.142. The molecule has 1 N–H and O–H groups in total. The molecule has 0 spiro atoms. The molecule has 2 aromatic heterocycles. The number of rotatable bonds is 4. The minimum absolute atomic E-state index is 0.0604. The van der Waals surface area contributed by atoms with E-state index in [9.17, 15) is 23.5 Å². The second kappa shape index (κ2) is 9.63. The Morgan fingerprint density at radius 3 is 2.45 bits per heavy atom. The van der Waals surface area contributed by atoms with Gasteiger partial charge in [-0.1, -0.05) is 43.5 Å². The van der Waals surface area contributed by atoms with Crippen LogP contribution in [0.5, 0.6) is 0 Å².